The smallest absolute Gasteiger partial charge is 1.00 e. The third kappa shape index (κ3) is 45.2. The van der Waals surface area contributed by atoms with Crippen LogP contribution in [0.4, 0.5) is 0 Å². The number of hydrogen-bond donors (Lipinski definition) is 0. The van der Waals surface area contributed by atoms with Crippen molar-refractivity contribution in [2.45, 2.75) is 110 Å². The maximum Gasteiger partial charge on any atom is 2.00 e. The molecule has 0 unspecified atom stereocenters. The molecule has 0 saturated heterocycles. The molecule has 0 spiro atoms. The van der Waals surface area contributed by atoms with Crippen LogP contribution in [-0.2, 0) is 9.08 Å². The largest absolute Gasteiger partial charge is 2.00 e. The molecule has 0 heterocycles. The van der Waals surface area contributed by atoms with Gasteiger partial charge in [0.25, 0.3) is 0 Å². The van der Waals surface area contributed by atoms with Crippen LogP contribution in [0.25, 0.3) is 0 Å². The van der Waals surface area contributed by atoms with E-state index in [1.165, 1.54) is 83.5 Å². The van der Waals surface area contributed by atoms with Crippen molar-refractivity contribution in [2.24, 2.45) is 0 Å². The second-order valence-electron chi connectivity index (χ2n) is 6.15. The Morgan fingerprint density at radius 2 is 0.857 bits per heavy atom. The number of halogens is 1. The zero-order valence-corrected chi connectivity index (χ0v) is 19.9. The van der Waals surface area contributed by atoms with E-state index in [9.17, 15) is 4.79 Å². The van der Waals surface area contributed by atoms with Crippen LogP contribution < -0.4 is 0 Å². The molecule has 8 nitrogen and oxygen atoms in total. The Bertz CT molecular complexity index is 250. The summed E-state index contributed by atoms with van der Waals surface area (Å²) in [5, 5.41) is 0. The summed E-state index contributed by atoms with van der Waals surface area (Å²) < 4.78 is 4.10. The molecule has 0 fully saturated rings. The number of unbranched alkanes of at least 4 members (excludes halogenated alkanes) is 14. The zero-order chi connectivity index (χ0) is 15.6. The summed E-state index contributed by atoms with van der Waals surface area (Å²) in [7, 11) is 0. The molecule has 0 aliphatic carbocycles. The van der Waals surface area contributed by atoms with Crippen molar-refractivity contribution in [3.05, 3.63) is 0 Å². The van der Waals surface area contributed by atoms with Crippen LogP contribution in [0.2, 0.25) is 0 Å². The minimum absolute atomic E-state index is 0. The van der Waals surface area contributed by atoms with Crippen molar-refractivity contribution >= 4 is 40.9 Å². The molecule has 10 heteroatoms. The van der Waals surface area contributed by atoms with E-state index in [0.717, 1.165) is 12.8 Å². The minimum Gasteiger partial charge on any atom is -1.00 e. The first-order valence-corrected chi connectivity index (χ1v) is 9.43. The van der Waals surface area contributed by atoms with Crippen LogP contribution in [0.15, 0.2) is 0 Å². The molecule has 178 valence electrons. The van der Waals surface area contributed by atoms with E-state index < -0.39 is 0 Å². The van der Waals surface area contributed by atoms with E-state index in [-0.39, 0.29) is 64.7 Å². The first-order chi connectivity index (χ1) is 10.3. The predicted molar refractivity (Wildman–Crippen MR) is 121 cm³/mol. The zero-order valence-electron chi connectivity index (χ0n) is 19.7. The van der Waals surface area contributed by atoms with E-state index in [1.807, 2.05) is 0 Å². The Labute approximate surface area is 195 Å². The summed E-state index contributed by atoms with van der Waals surface area (Å²) >= 11 is 4.97. The van der Waals surface area contributed by atoms with Gasteiger partial charge in [-0.05, 0) is 6.42 Å². The maximum absolute atomic E-state index is 10.8. The van der Waals surface area contributed by atoms with Crippen LogP contribution >= 0.6 is 11.9 Å². The molecule has 0 saturated carbocycles. The van der Waals surface area contributed by atoms with E-state index >= 15 is 0 Å². The Balaban J connectivity index is -0.0000000556. The number of carbonyl (C=O) groups excluding carboxylic acids is 1. The molecule has 0 bridgehead atoms. The summed E-state index contributed by atoms with van der Waals surface area (Å²) in [5.74, 6) is -0.300. The van der Waals surface area contributed by atoms with Gasteiger partial charge in [-0.3, -0.25) is 4.79 Å². The number of hydrogen-bond acceptors (Lipinski definition) is 2. The molecule has 0 aromatic heterocycles. The van der Waals surface area contributed by atoms with Gasteiger partial charge in [0.1, 0.15) is 11.9 Å². The average Bonchev–Trinajstić information content (AvgIpc) is 2.50. The van der Waals surface area contributed by atoms with E-state index in [1.54, 1.807) is 0 Å². The normalized spacial score (nSPS) is 8.07. The van der Waals surface area contributed by atoms with Gasteiger partial charge in [0.2, 0.25) is 0 Å². The molecule has 0 radical (unpaired) electrons. The summed E-state index contributed by atoms with van der Waals surface area (Å²) in [6, 6.07) is 0. The molecule has 0 atom stereocenters. The monoisotopic (exact) mass is 452 g/mol. The molecule has 0 rings (SSSR count). The van der Waals surface area contributed by atoms with Crippen LogP contribution in [0.1, 0.15) is 113 Å². The molecule has 28 heavy (non-hydrogen) atoms. The van der Waals surface area contributed by atoms with Gasteiger partial charge in [-0.25, -0.2) is 0 Å². The topological polar surface area (TPSA) is 215 Å². The van der Waals surface area contributed by atoms with Gasteiger partial charge in [0.05, 0.1) is 0 Å². The summed E-state index contributed by atoms with van der Waals surface area (Å²) in [6.07, 6.45) is 20.4. The minimum atomic E-state index is -0.300. The second kappa shape index (κ2) is 45.8. The van der Waals surface area contributed by atoms with E-state index in [2.05, 4.69) is 11.2 Å². The van der Waals surface area contributed by atoms with Crippen LogP contribution in [0.3, 0.4) is 0 Å². The van der Waals surface area contributed by atoms with Gasteiger partial charge in [-0.15, -0.1) is 0 Å². The van der Waals surface area contributed by atoms with Gasteiger partial charge < -0.3 is 40.0 Å². The first-order valence-electron chi connectivity index (χ1n) is 9.12. The standard InChI is InChI=1S/C18H35ClO2.Mg.6H2O.2H/c1-2-3-4-5-6-7-8-9-10-11-12-13-14-15-16-17-18(20)21-19;;;;;;;;;/h2-17H2,1H3;;6*1H2;;/q;+2;;;;;;;2*-1. The summed E-state index contributed by atoms with van der Waals surface area (Å²) in [4.78, 5) is 10.8. The Morgan fingerprint density at radius 1 is 0.607 bits per heavy atom. The fourth-order valence-corrected chi connectivity index (χ4v) is 2.76. The van der Waals surface area contributed by atoms with Crippen LogP contribution in [0, 0.1) is 0 Å². The maximum atomic E-state index is 10.8. The van der Waals surface area contributed by atoms with Crippen molar-refractivity contribution < 1.29 is 44.8 Å². The average molecular weight is 453 g/mol. The fourth-order valence-electron chi connectivity index (χ4n) is 2.68. The molecule has 0 amide bonds. The van der Waals surface area contributed by atoms with Crippen molar-refractivity contribution in [1.29, 1.82) is 0 Å². The molecular formula is C18H49ClMgO8. The quantitative estimate of drug-likeness (QED) is 0.252. The van der Waals surface area contributed by atoms with Gasteiger partial charge in [-0.2, -0.15) is 0 Å². The van der Waals surface area contributed by atoms with Crippen molar-refractivity contribution in [3.8, 4) is 0 Å². The SMILES string of the molecule is CCCCCCCCCCCCCCCCCC(=O)OCl.O.O.O.O.O.O.[H-].[H-].[Mg+2]. The molecule has 0 aliphatic rings. The van der Waals surface area contributed by atoms with Gasteiger partial charge >= 0.3 is 29.0 Å². The third-order valence-corrected chi connectivity index (χ3v) is 4.24. The molecule has 0 aromatic rings. The fraction of sp³-hybridized carbons (Fsp3) is 0.944. The molecular weight excluding hydrogens is 404 g/mol. The van der Waals surface area contributed by atoms with Crippen LogP contribution in [0.5, 0.6) is 0 Å². The van der Waals surface area contributed by atoms with E-state index in [0.29, 0.717) is 6.42 Å². The number of carbonyl (C=O) groups is 1. The Kier molecular flexibility index (Phi) is 83.7. The van der Waals surface area contributed by atoms with Crippen LogP contribution in [-0.4, -0.2) is 61.9 Å². The Morgan fingerprint density at radius 3 is 1.11 bits per heavy atom. The van der Waals surface area contributed by atoms with Crippen molar-refractivity contribution in [3.63, 3.8) is 0 Å². The van der Waals surface area contributed by atoms with Crippen molar-refractivity contribution in [2.75, 3.05) is 0 Å². The van der Waals surface area contributed by atoms with Gasteiger partial charge in [0, 0.05) is 6.42 Å². The van der Waals surface area contributed by atoms with Gasteiger partial charge in [0.15, 0.2) is 0 Å². The predicted octanol–water partition coefficient (Wildman–Crippen LogP) is 1.84. The number of rotatable bonds is 16. The molecule has 12 N–H and O–H groups in total. The van der Waals surface area contributed by atoms with Gasteiger partial charge in [-0.1, -0.05) is 96.8 Å². The molecule has 0 aromatic carbocycles. The first kappa shape index (κ1) is 51.2. The van der Waals surface area contributed by atoms with E-state index in [4.69, 9.17) is 11.9 Å². The second-order valence-corrected chi connectivity index (χ2v) is 6.30. The third-order valence-electron chi connectivity index (χ3n) is 4.07. The molecule has 0 aliphatic heterocycles. The summed E-state index contributed by atoms with van der Waals surface area (Å²) in [6.45, 7) is 2.27. The van der Waals surface area contributed by atoms with Crippen molar-refractivity contribution in [1.82, 2.24) is 0 Å². The summed E-state index contributed by atoms with van der Waals surface area (Å²) in [5.41, 5.74) is 0. The Hall–Kier alpha value is 0.286.